The van der Waals surface area contributed by atoms with Crippen LogP contribution in [0.3, 0.4) is 0 Å². The van der Waals surface area contributed by atoms with Crippen molar-refractivity contribution in [3.63, 3.8) is 0 Å². The summed E-state index contributed by atoms with van der Waals surface area (Å²) in [6, 6.07) is 8.89. The quantitative estimate of drug-likeness (QED) is 0.798. The Kier molecular flexibility index (Phi) is 4.38. The Labute approximate surface area is 98.1 Å². The molecular weight excluding hydrogens is 224 g/mol. The minimum Gasteiger partial charge on any atom is -0.396 e. The Morgan fingerprint density at radius 1 is 1.27 bits per heavy atom. The molecule has 0 bridgehead atoms. The summed E-state index contributed by atoms with van der Waals surface area (Å²) in [7, 11) is -1.17. The Morgan fingerprint density at radius 2 is 1.87 bits per heavy atom. The smallest absolute Gasteiger partial charge is 0.0497 e. The fraction of sp³-hybridized carbons (Fsp3) is 0.500. The maximum atomic E-state index is 9.43. The third kappa shape index (κ3) is 3.97. The maximum Gasteiger partial charge on any atom is 0.0497 e. The lowest BCUT2D eigenvalue weighted by molar-refractivity contribution is 0.272. The van der Waals surface area contributed by atoms with E-state index in [1.165, 1.54) is 0 Å². The van der Waals surface area contributed by atoms with Crippen molar-refractivity contribution in [1.29, 1.82) is 0 Å². The molecule has 0 saturated heterocycles. The van der Waals surface area contributed by atoms with Crippen LogP contribution in [-0.4, -0.2) is 19.8 Å². The predicted molar refractivity (Wildman–Crippen MR) is 69.4 cm³/mol. The highest BCUT2D eigenvalue weighted by atomic mass is 35.5. The van der Waals surface area contributed by atoms with Crippen LogP contribution in [0, 0.1) is 0 Å². The number of benzene rings is 1. The normalized spacial score (nSPS) is 13.9. The van der Waals surface area contributed by atoms with Gasteiger partial charge in [0.25, 0.3) is 0 Å². The summed E-state index contributed by atoms with van der Waals surface area (Å²) in [5.74, 6) is 0.199. The van der Waals surface area contributed by atoms with Gasteiger partial charge in [-0.2, -0.15) is 0 Å². The van der Waals surface area contributed by atoms with E-state index in [1.54, 1.807) is 0 Å². The lowest BCUT2D eigenvalue weighted by Gasteiger charge is -2.24. The Morgan fingerprint density at radius 3 is 2.33 bits per heavy atom. The largest absolute Gasteiger partial charge is 0.396 e. The van der Waals surface area contributed by atoms with Crippen LogP contribution in [0.2, 0.25) is 30.7 Å². The fourth-order valence-electron chi connectivity index (χ4n) is 1.82. The van der Waals surface area contributed by atoms with Crippen molar-refractivity contribution in [1.82, 2.24) is 0 Å². The molecule has 3 heteroatoms. The molecule has 1 aromatic rings. The first-order valence-electron chi connectivity index (χ1n) is 5.29. The topological polar surface area (TPSA) is 20.2 Å². The van der Waals surface area contributed by atoms with E-state index in [0.29, 0.717) is 0 Å². The minimum atomic E-state index is -1.17. The predicted octanol–water partition coefficient (Wildman–Crippen LogP) is 3.75. The second kappa shape index (κ2) is 5.15. The third-order valence-electron chi connectivity index (χ3n) is 2.42. The van der Waals surface area contributed by atoms with Crippen molar-refractivity contribution in [2.75, 3.05) is 6.61 Å². The third-order valence-corrected chi connectivity index (χ3v) is 4.49. The van der Waals surface area contributed by atoms with Crippen LogP contribution in [-0.2, 0) is 0 Å². The zero-order valence-corrected chi connectivity index (χ0v) is 11.4. The molecule has 15 heavy (non-hydrogen) atoms. The summed E-state index contributed by atoms with van der Waals surface area (Å²) in [4.78, 5) is 0. The molecule has 0 aliphatic heterocycles. The molecule has 1 rings (SSSR count). The van der Waals surface area contributed by atoms with Gasteiger partial charge in [0.1, 0.15) is 0 Å². The molecule has 0 amide bonds. The van der Waals surface area contributed by atoms with Crippen LogP contribution < -0.4 is 0 Å². The molecule has 1 N–H and O–H groups in total. The molecule has 84 valence electrons. The van der Waals surface area contributed by atoms with E-state index in [2.05, 4.69) is 19.6 Å². The molecular formula is C12H19ClOSi. The standard InChI is InChI=1S/C12H19ClOSi/c1-15(2,3)9-10(8-14)11-6-4-5-7-12(11)13/h4-7,10,14H,8-9H2,1-3H3. The SMILES string of the molecule is C[Si](C)(C)CC(CO)c1ccccc1Cl. The van der Waals surface area contributed by atoms with E-state index in [1.807, 2.05) is 24.3 Å². The van der Waals surface area contributed by atoms with Gasteiger partial charge in [-0.3, -0.25) is 0 Å². The van der Waals surface area contributed by atoms with Gasteiger partial charge in [0.05, 0.1) is 0 Å². The van der Waals surface area contributed by atoms with Crippen molar-refractivity contribution >= 4 is 19.7 Å². The highest BCUT2D eigenvalue weighted by Gasteiger charge is 2.22. The Bertz CT molecular complexity index is 320. The lowest BCUT2D eigenvalue weighted by atomic mass is 10.0. The zero-order chi connectivity index (χ0) is 11.5. The van der Waals surface area contributed by atoms with Crippen molar-refractivity contribution in [2.24, 2.45) is 0 Å². The molecule has 0 saturated carbocycles. The van der Waals surface area contributed by atoms with E-state index in [9.17, 15) is 5.11 Å². The van der Waals surface area contributed by atoms with Gasteiger partial charge in [-0.15, -0.1) is 0 Å². The van der Waals surface area contributed by atoms with Crippen LogP contribution in [0.25, 0.3) is 0 Å². The van der Waals surface area contributed by atoms with E-state index in [0.717, 1.165) is 16.6 Å². The van der Waals surface area contributed by atoms with Crippen LogP contribution in [0.4, 0.5) is 0 Å². The number of rotatable bonds is 4. The summed E-state index contributed by atoms with van der Waals surface area (Å²) in [6.45, 7) is 7.12. The van der Waals surface area contributed by atoms with Gasteiger partial charge < -0.3 is 5.11 Å². The molecule has 0 radical (unpaired) electrons. The van der Waals surface area contributed by atoms with Crippen LogP contribution in [0.15, 0.2) is 24.3 Å². The van der Waals surface area contributed by atoms with Crippen molar-refractivity contribution in [3.05, 3.63) is 34.9 Å². The van der Waals surface area contributed by atoms with Gasteiger partial charge >= 0.3 is 0 Å². The molecule has 0 heterocycles. The van der Waals surface area contributed by atoms with Gasteiger partial charge in [0.2, 0.25) is 0 Å². The highest BCUT2D eigenvalue weighted by Crippen LogP contribution is 2.30. The van der Waals surface area contributed by atoms with Gasteiger partial charge in [-0.25, -0.2) is 0 Å². The average molecular weight is 243 g/mol. The molecule has 1 aromatic carbocycles. The molecule has 0 fully saturated rings. The molecule has 0 aliphatic carbocycles. The maximum absolute atomic E-state index is 9.43. The van der Waals surface area contributed by atoms with Crippen molar-refractivity contribution in [3.8, 4) is 0 Å². The molecule has 1 nitrogen and oxygen atoms in total. The first-order chi connectivity index (χ1) is 6.94. The van der Waals surface area contributed by atoms with E-state index < -0.39 is 8.07 Å². The van der Waals surface area contributed by atoms with Gasteiger partial charge in [0, 0.05) is 25.6 Å². The number of aliphatic hydroxyl groups is 1. The van der Waals surface area contributed by atoms with Crippen LogP contribution >= 0.6 is 11.6 Å². The zero-order valence-electron chi connectivity index (χ0n) is 9.63. The fourth-order valence-corrected chi connectivity index (χ4v) is 3.94. The van der Waals surface area contributed by atoms with E-state index >= 15 is 0 Å². The molecule has 1 atom stereocenters. The minimum absolute atomic E-state index is 0.188. The number of aliphatic hydroxyl groups excluding tert-OH is 1. The first kappa shape index (κ1) is 12.8. The van der Waals surface area contributed by atoms with Gasteiger partial charge in [-0.1, -0.05) is 49.4 Å². The molecule has 1 unspecified atom stereocenters. The van der Waals surface area contributed by atoms with E-state index in [-0.39, 0.29) is 12.5 Å². The first-order valence-corrected chi connectivity index (χ1v) is 9.38. The summed E-state index contributed by atoms with van der Waals surface area (Å²) in [5, 5.41) is 10.2. The lowest BCUT2D eigenvalue weighted by Crippen LogP contribution is -2.24. The van der Waals surface area contributed by atoms with Crippen molar-refractivity contribution in [2.45, 2.75) is 31.6 Å². The number of hydrogen-bond donors (Lipinski definition) is 1. The van der Waals surface area contributed by atoms with Crippen molar-refractivity contribution < 1.29 is 5.11 Å². The molecule has 0 aromatic heterocycles. The van der Waals surface area contributed by atoms with Crippen LogP contribution in [0.1, 0.15) is 11.5 Å². The van der Waals surface area contributed by atoms with Crippen LogP contribution in [0.5, 0.6) is 0 Å². The average Bonchev–Trinajstić information content (AvgIpc) is 2.14. The molecule has 0 spiro atoms. The summed E-state index contributed by atoms with van der Waals surface area (Å²) in [5.41, 5.74) is 1.09. The monoisotopic (exact) mass is 242 g/mol. The summed E-state index contributed by atoms with van der Waals surface area (Å²) >= 11 is 6.13. The molecule has 0 aliphatic rings. The summed E-state index contributed by atoms with van der Waals surface area (Å²) < 4.78 is 0. The summed E-state index contributed by atoms with van der Waals surface area (Å²) in [6.07, 6.45) is 0. The second-order valence-electron chi connectivity index (χ2n) is 5.17. The Hall–Kier alpha value is -0.313. The second-order valence-corrected chi connectivity index (χ2v) is 11.1. The Balaban J connectivity index is 2.88. The van der Waals surface area contributed by atoms with E-state index in [4.69, 9.17) is 11.6 Å². The van der Waals surface area contributed by atoms with Gasteiger partial charge in [-0.05, 0) is 17.7 Å². The number of hydrogen-bond acceptors (Lipinski definition) is 1. The highest BCUT2D eigenvalue weighted by molar-refractivity contribution is 6.76. The number of halogens is 1. The van der Waals surface area contributed by atoms with Gasteiger partial charge in [0.15, 0.2) is 0 Å².